The third-order valence-corrected chi connectivity index (χ3v) is 2.31. The standard InChI is InChI=1S/C6H14N2O3S/c1-12(9,10)7-6-8-2-4-11-5-3-8/h7H,2-6H2,1H3. The Labute approximate surface area is 72.7 Å². The molecule has 0 amide bonds. The first-order chi connectivity index (χ1) is 5.58. The molecule has 0 radical (unpaired) electrons. The molecule has 0 aromatic heterocycles. The Kier molecular flexibility index (Phi) is 3.45. The molecule has 1 fully saturated rings. The van der Waals surface area contributed by atoms with Crippen LogP contribution in [0.15, 0.2) is 0 Å². The van der Waals surface area contributed by atoms with E-state index in [1.807, 2.05) is 4.90 Å². The molecule has 1 saturated heterocycles. The van der Waals surface area contributed by atoms with Gasteiger partial charge in [0.25, 0.3) is 0 Å². The van der Waals surface area contributed by atoms with Gasteiger partial charge < -0.3 is 4.74 Å². The Morgan fingerprint density at radius 2 is 2.00 bits per heavy atom. The Morgan fingerprint density at radius 3 is 2.50 bits per heavy atom. The Bertz CT molecular complexity index is 221. The lowest BCUT2D eigenvalue weighted by molar-refractivity contribution is 0.0371. The van der Waals surface area contributed by atoms with E-state index in [9.17, 15) is 8.42 Å². The maximum Gasteiger partial charge on any atom is 0.209 e. The van der Waals surface area contributed by atoms with Crippen molar-refractivity contribution in [2.75, 3.05) is 39.2 Å². The summed E-state index contributed by atoms with van der Waals surface area (Å²) in [5.41, 5.74) is 0. The zero-order valence-corrected chi connectivity index (χ0v) is 7.93. The highest BCUT2D eigenvalue weighted by Gasteiger charge is 2.11. The average Bonchev–Trinajstić information content (AvgIpc) is 2.02. The third kappa shape index (κ3) is 4.01. The second-order valence-corrected chi connectivity index (χ2v) is 4.64. The van der Waals surface area contributed by atoms with Crippen LogP contribution in [0, 0.1) is 0 Å². The number of rotatable bonds is 3. The number of nitrogens with zero attached hydrogens (tertiary/aromatic N) is 1. The first-order valence-corrected chi connectivity index (χ1v) is 5.72. The largest absolute Gasteiger partial charge is 0.379 e. The molecule has 0 atom stereocenters. The van der Waals surface area contributed by atoms with Crippen LogP contribution in [0.2, 0.25) is 0 Å². The van der Waals surface area contributed by atoms with Crippen molar-refractivity contribution in [1.82, 2.24) is 9.62 Å². The van der Waals surface area contributed by atoms with Crippen LogP contribution in [-0.2, 0) is 14.8 Å². The molecule has 1 aliphatic heterocycles. The van der Waals surface area contributed by atoms with Crippen LogP contribution in [0.3, 0.4) is 0 Å². The van der Waals surface area contributed by atoms with E-state index in [4.69, 9.17) is 4.74 Å². The molecule has 0 aliphatic carbocycles. The van der Waals surface area contributed by atoms with Gasteiger partial charge in [-0.25, -0.2) is 13.1 Å². The minimum atomic E-state index is -3.06. The summed E-state index contributed by atoms with van der Waals surface area (Å²) in [5.74, 6) is 0. The molecule has 1 aliphatic rings. The van der Waals surface area contributed by atoms with Crippen LogP contribution >= 0.6 is 0 Å². The molecule has 1 rings (SSSR count). The van der Waals surface area contributed by atoms with Crippen molar-refractivity contribution in [2.45, 2.75) is 0 Å². The summed E-state index contributed by atoms with van der Waals surface area (Å²) < 4.78 is 29.0. The number of ether oxygens (including phenoxy) is 1. The minimum absolute atomic E-state index is 0.391. The molecule has 0 aromatic rings. The van der Waals surface area contributed by atoms with Gasteiger partial charge in [0.15, 0.2) is 0 Å². The average molecular weight is 194 g/mol. The Balaban J connectivity index is 2.22. The lowest BCUT2D eigenvalue weighted by Crippen LogP contribution is -2.43. The van der Waals surface area contributed by atoms with E-state index in [1.54, 1.807) is 0 Å². The lowest BCUT2D eigenvalue weighted by Gasteiger charge is -2.26. The van der Waals surface area contributed by atoms with E-state index in [2.05, 4.69) is 4.72 Å². The van der Waals surface area contributed by atoms with Gasteiger partial charge in [0, 0.05) is 13.1 Å². The molecule has 0 saturated carbocycles. The summed E-state index contributed by atoms with van der Waals surface area (Å²) in [7, 11) is -3.06. The molecule has 0 aromatic carbocycles. The first-order valence-electron chi connectivity index (χ1n) is 3.83. The van der Waals surface area contributed by atoms with E-state index in [-0.39, 0.29) is 0 Å². The highest BCUT2D eigenvalue weighted by molar-refractivity contribution is 7.88. The summed E-state index contributed by atoms with van der Waals surface area (Å²) >= 11 is 0. The van der Waals surface area contributed by atoms with Crippen molar-refractivity contribution in [1.29, 1.82) is 0 Å². The number of sulfonamides is 1. The molecule has 72 valence electrons. The number of nitrogens with one attached hydrogen (secondary N) is 1. The second-order valence-electron chi connectivity index (χ2n) is 2.81. The predicted molar refractivity (Wildman–Crippen MR) is 45.2 cm³/mol. The summed E-state index contributed by atoms with van der Waals surface area (Å²) in [5, 5.41) is 0. The van der Waals surface area contributed by atoms with E-state index in [0.717, 1.165) is 19.3 Å². The molecular weight excluding hydrogens is 180 g/mol. The van der Waals surface area contributed by atoms with E-state index in [0.29, 0.717) is 19.9 Å². The molecule has 12 heavy (non-hydrogen) atoms. The van der Waals surface area contributed by atoms with Crippen LogP contribution in [-0.4, -0.2) is 52.5 Å². The minimum Gasteiger partial charge on any atom is -0.379 e. The molecule has 5 nitrogen and oxygen atoms in total. The van der Waals surface area contributed by atoms with Gasteiger partial charge in [-0.2, -0.15) is 0 Å². The van der Waals surface area contributed by atoms with E-state index < -0.39 is 10.0 Å². The van der Waals surface area contributed by atoms with Crippen LogP contribution in [0.5, 0.6) is 0 Å². The predicted octanol–water partition coefficient (Wildman–Crippen LogP) is -1.17. The van der Waals surface area contributed by atoms with Crippen molar-refractivity contribution >= 4 is 10.0 Å². The van der Waals surface area contributed by atoms with Gasteiger partial charge in [-0.15, -0.1) is 0 Å². The van der Waals surface area contributed by atoms with Crippen molar-refractivity contribution in [3.05, 3.63) is 0 Å². The smallest absolute Gasteiger partial charge is 0.209 e. The topological polar surface area (TPSA) is 58.6 Å². The van der Waals surface area contributed by atoms with Gasteiger partial charge in [0.2, 0.25) is 10.0 Å². The van der Waals surface area contributed by atoms with E-state index >= 15 is 0 Å². The molecule has 0 bridgehead atoms. The van der Waals surface area contributed by atoms with Crippen molar-refractivity contribution < 1.29 is 13.2 Å². The normalized spacial score (nSPS) is 21.1. The van der Waals surface area contributed by atoms with Crippen LogP contribution < -0.4 is 4.72 Å². The van der Waals surface area contributed by atoms with Crippen molar-refractivity contribution in [2.24, 2.45) is 0 Å². The molecule has 0 spiro atoms. The number of hydrogen-bond acceptors (Lipinski definition) is 4. The number of hydrogen-bond donors (Lipinski definition) is 1. The fourth-order valence-corrected chi connectivity index (χ4v) is 1.38. The fourth-order valence-electron chi connectivity index (χ4n) is 0.968. The van der Waals surface area contributed by atoms with Gasteiger partial charge in [-0.3, -0.25) is 4.90 Å². The summed E-state index contributed by atoms with van der Waals surface area (Å²) in [4.78, 5) is 2.00. The summed E-state index contributed by atoms with van der Waals surface area (Å²) in [6.45, 7) is 3.35. The van der Waals surface area contributed by atoms with Gasteiger partial charge in [0.05, 0.1) is 26.1 Å². The SMILES string of the molecule is CS(=O)(=O)NCN1CCOCC1. The Hall–Kier alpha value is -0.170. The zero-order chi connectivity index (χ0) is 9.03. The summed E-state index contributed by atoms with van der Waals surface area (Å²) in [6, 6.07) is 0. The fraction of sp³-hybridized carbons (Fsp3) is 1.00. The van der Waals surface area contributed by atoms with Crippen LogP contribution in [0.1, 0.15) is 0 Å². The van der Waals surface area contributed by atoms with Gasteiger partial charge in [-0.1, -0.05) is 0 Å². The third-order valence-electron chi connectivity index (χ3n) is 1.65. The monoisotopic (exact) mass is 194 g/mol. The van der Waals surface area contributed by atoms with Crippen molar-refractivity contribution in [3.8, 4) is 0 Å². The van der Waals surface area contributed by atoms with Crippen LogP contribution in [0.25, 0.3) is 0 Å². The van der Waals surface area contributed by atoms with E-state index in [1.165, 1.54) is 0 Å². The van der Waals surface area contributed by atoms with Gasteiger partial charge in [-0.05, 0) is 0 Å². The number of morpholine rings is 1. The van der Waals surface area contributed by atoms with Gasteiger partial charge >= 0.3 is 0 Å². The molecule has 0 unspecified atom stereocenters. The zero-order valence-electron chi connectivity index (χ0n) is 7.12. The highest BCUT2D eigenvalue weighted by Crippen LogP contribution is 1.94. The maximum atomic E-state index is 10.7. The quantitative estimate of drug-likeness (QED) is 0.615. The molecule has 6 heteroatoms. The molecule has 1 N–H and O–H groups in total. The molecule has 1 heterocycles. The van der Waals surface area contributed by atoms with Gasteiger partial charge in [0.1, 0.15) is 0 Å². The van der Waals surface area contributed by atoms with Crippen LogP contribution in [0.4, 0.5) is 0 Å². The first kappa shape index (κ1) is 9.91. The maximum absolute atomic E-state index is 10.7. The second kappa shape index (κ2) is 4.18. The molecular formula is C6H14N2O3S. The lowest BCUT2D eigenvalue weighted by atomic mass is 10.5. The van der Waals surface area contributed by atoms with Crippen molar-refractivity contribution in [3.63, 3.8) is 0 Å². The Morgan fingerprint density at radius 1 is 1.42 bits per heavy atom. The highest BCUT2D eigenvalue weighted by atomic mass is 32.2. The summed E-state index contributed by atoms with van der Waals surface area (Å²) in [6.07, 6.45) is 1.16.